The molecule has 2 heterocycles. The van der Waals surface area contributed by atoms with E-state index in [-0.39, 0.29) is 11.8 Å². The van der Waals surface area contributed by atoms with Gasteiger partial charge in [0.05, 0.1) is 5.02 Å². The lowest BCUT2D eigenvalue weighted by Crippen LogP contribution is -2.55. The molecule has 104 valence electrons. The van der Waals surface area contributed by atoms with Crippen molar-refractivity contribution in [3.63, 3.8) is 0 Å². The number of rotatable bonds is 1. The van der Waals surface area contributed by atoms with E-state index in [2.05, 4.69) is 5.32 Å². The molecule has 2 amide bonds. The number of benzene rings is 1. The van der Waals surface area contributed by atoms with Crippen molar-refractivity contribution >= 4 is 44.8 Å². The second-order valence-electron chi connectivity index (χ2n) is 4.71. The Balaban J connectivity index is 2.00. The van der Waals surface area contributed by atoms with E-state index < -0.39 is 6.04 Å². The number of nitrogens with zero attached hydrogens (tertiary/aromatic N) is 1. The van der Waals surface area contributed by atoms with Crippen LogP contribution in [0.1, 0.15) is 16.6 Å². The maximum Gasteiger partial charge on any atom is 0.266 e. The van der Waals surface area contributed by atoms with Crippen molar-refractivity contribution in [2.24, 2.45) is 0 Å². The first kappa shape index (κ1) is 13.4. The normalized spacial score (nSPS) is 19.2. The Morgan fingerprint density at radius 1 is 1.45 bits per heavy atom. The molecule has 3 rings (SSSR count). The first-order valence-corrected chi connectivity index (χ1v) is 7.54. The van der Waals surface area contributed by atoms with E-state index >= 15 is 0 Å². The molecule has 0 spiro atoms. The molecule has 1 aliphatic rings. The van der Waals surface area contributed by atoms with Gasteiger partial charge in [-0.1, -0.05) is 29.8 Å². The summed E-state index contributed by atoms with van der Waals surface area (Å²) in [5, 5.41) is 4.11. The minimum Gasteiger partial charge on any atom is -0.353 e. The van der Waals surface area contributed by atoms with Gasteiger partial charge in [0, 0.05) is 23.2 Å². The fraction of sp³-hybridized carbons (Fsp3) is 0.286. The molecule has 1 aromatic heterocycles. The Hall–Kier alpha value is -1.59. The molecular weight excluding hydrogens is 296 g/mol. The number of thiophene rings is 1. The zero-order valence-electron chi connectivity index (χ0n) is 10.9. The molecule has 1 unspecified atom stereocenters. The van der Waals surface area contributed by atoms with E-state index in [1.54, 1.807) is 11.8 Å². The van der Waals surface area contributed by atoms with Crippen LogP contribution in [0.2, 0.25) is 5.02 Å². The van der Waals surface area contributed by atoms with E-state index in [0.29, 0.717) is 23.0 Å². The Bertz CT molecular complexity index is 698. The number of piperazine rings is 1. The second-order valence-corrected chi connectivity index (χ2v) is 6.14. The van der Waals surface area contributed by atoms with E-state index in [1.807, 2.05) is 24.3 Å². The molecule has 1 aliphatic heterocycles. The van der Waals surface area contributed by atoms with Crippen molar-refractivity contribution in [2.75, 3.05) is 13.1 Å². The SMILES string of the molecule is CC1C(=O)NCCN1C(=O)c1sc2ccccc2c1Cl. The van der Waals surface area contributed by atoms with Gasteiger partial charge in [-0.3, -0.25) is 9.59 Å². The third-order valence-corrected chi connectivity index (χ3v) is 5.15. The van der Waals surface area contributed by atoms with Gasteiger partial charge >= 0.3 is 0 Å². The van der Waals surface area contributed by atoms with Crippen molar-refractivity contribution in [1.29, 1.82) is 0 Å². The molecule has 1 N–H and O–H groups in total. The highest BCUT2D eigenvalue weighted by Gasteiger charge is 2.32. The monoisotopic (exact) mass is 308 g/mol. The van der Waals surface area contributed by atoms with Gasteiger partial charge in [-0.2, -0.15) is 0 Å². The van der Waals surface area contributed by atoms with Gasteiger partial charge in [0.25, 0.3) is 5.91 Å². The number of carbonyl (C=O) groups excluding carboxylic acids is 2. The van der Waals surface area contributed by atoms with E-state index in [9.17, 15) is 9.59 Å². The van der Waals surface area contributed by atoms with Crippen LogP contribution in [-0.4, -0.2) is 35.8 Å². The summed E-state index contributed by atoms with van der Waals surface area (Å²) in [6.07, 6.45) is 0. The highest BCUT2D eigenvalue weighted by Crippen LogP contribution is 2.36. The lowest BCUT2D eigenvalue weighted by atomic mass is 10.2. The molecule has 20 heavy (non-hydrogen) atoms. The van der Waals surface area contributed by atoms with Crippen LogP contribution < -0.4 is 5.32 Å². The fourth-order valence-electron chi connectivity index (χ4n) is 2.34. The number of fused-ring (bicyclic) bond motifs is 1. The Labute approximate surface area is 125 Å². The van der Waals surface area contributed by atoms with Crippen molar-refractivity contribution in [3.8, 4) is 0 Å². The Kier molecular flexibility index (Phi) is 3.40. The molecule has 6 heteroatoms. The number of halogens is 1. The highest BCUT2D eigenvalue weighted by atomic mass is 35.5. The van der Waals surface area contributed by atoms with Crippen LogP contribution in [0.3, 0.4) is 0 Å². The molecule has 2 aromatic rings. The number of amides is 2. The summed E-state index contributed by atoms with van der Waals surface area (Å²) in [6, 6.07) is 7.19. The van der Waals surface area contributed by atoms with Crippen LogP contribution in [-0.2, 0) is 4.79 Å². The molecule has 0 aliphatic carbocycles. The third kappa shape index (κ3) is 2.07. The van der Waals surface area contributed by atoms with Gasteiger partial charge in [-0.25, -0.2) is 0 Å². The summed E-state index contributed by atoms with van der Waals surface area (Å²) in [6.45, 7) is 2.72. The quantitative estimate of drug-likeness (QED) is 0.880. The molecular formula is C14H13ClN2O2S. The largest absolute Gasteiger partial charge is 0.353 e. The average molecular weight is 309 g/mol. The summed E-state index contributed by atoms with van der Waals surface area (Å²) in [7, 11) is 0. The zero-order valence-corrected chi connectivity index (χ0v) is 12.4. The lowest BCUT2D eigenvalue weighted by Gasteiger charge is -2.32. The third-order valence-electron chi connectivity index (χ3n) is 3.49. The van der Waals surface area contributed by atoms with Crippen LogP contribution in [0.25, 0.3) is 10.1 Å². The molecule has 4 nitrogen and oxygen atoms in total. The number of hydrogen-bond acceptors (Lipinski definition) is 3. The van der Waals surface area contributed by atoms with E-state index in [1.165, 1.54) is 11.3 Å². The molecule has 0 radical (unpaired) electrons. The van der Waals surface area contributed by atoms with Crippen LogP contribution in [0.15, 0.2) is 24.3 Å². The number of carbonyl (C=O) groups is 2. The van der Waals surface area contributed by atoms with Crippen molar-refractivity contribution in [2.45, 2.75) is 13.0 Å². The molecule has 0 bridgehead atoms. The summed E-state index contributed by atoms with van der Waals surface area (Å²) in [5.41, 5.74) is 0. The van der Waals surface area contributed by atoms with Crippen LogP contribution in [0.5, 0.6) is 0 Å². The molecule has 1 aromatic carbocycles. The second kappa shape index (κ2) is 5.07. The van der Waals surface area contributed by atoms with Gasteiger partial charge in [0.2, 0.25) is 5.91 Å². The first-order valence-electron chi connectivity index (χ1n) is 6.35. The zero-order chi connectivity index (χ0) is 14.3. The predicted molar refractivity (Wildman–Crippen MR) is 80.3 cm³/mol. The van der Waals surface area contributed by atoms with Gasteiger partial charge < -0.3 is 10.2 Å². The molecule has 1 fully saturated rings. The number of nitrogens with one attached hydrogen (secondary N) is 1. The predicted octanol–water partition coefficient (Wildman–Crippen LogP) is 2.52. The van der Waals surface area contributed by atoms with Crippen LogP contribution in [0.4, 0.5) is 0 Å². The average Bonchev–Trinajstić information content (AvgIpc) is 2.79. The molecule has 0 saturated carbocycles. The fourth-order valence-corrected chi connectivity index (χ4v) is 3.81. The summed E-state index contributed by atoms with van der Waals surface area (Å²) < 4.78 is 0.981. The Morgan fingerprint density at radius 3 is 2.95 bits per heavy atom. The maximum absolute atomic E-state index is 12.6. The smallest absolute Gasteiger partial charge is 0.266 e. The standard InChI is InChI=1S/C14H13ClN2O2S/c1-8-13(18)16-6-7-17(8)14(19)12-11(15)9-4-2-3-5-10(9)20-12/h2-5,8H,6-7H2,1H3,(H,16,18). The van der Waals surface area contributed by atoms with Crippen molar-refractivity contribution in [3.05, 3.63) is 34.2 Å². The van der Waals surface area contributed by atoms with E-state index in [0.717, 1.165) is 10.1 Å². The summed E-state index contributed by atoms with van der Waals surface area (Å²) >= 11 is 7.69. The minimum absolute atomic E-state index is 0.123. The molecule has 1 atom stereocenters. The summed E-state index contributed by atoms with van der Waals surface area (Å²) in [5.74, 6) is -0.291. The number of hydrogen-bond donors (Lipinski definition) is 1. The van der Waals surface area contributed by atoms with E-state index in [4.69, 9.17) is 11.6 Å². The maximum atomic E-state index is 12.6. The Morgan fingerprint density at radius 2 is 2.20 bits per heavy atom. The van der Waals surface area contributed by atoms with Gasteiger partial charge in [0.1, 0.15) is 10.9 Å². The van der Waals surface area contributed by atoms with Crippen LogP contribution in [0, 0.1) is 0 Å². The van der Waals surface area contributed by atoms with Crippen molar-refractivity contribution < 1.29 is 9.59 Å². The summed E-state index contributed by atoms with van der Waals surface area (Å²) in [4.78, 5) is 26.4. The van der Waals surface area contributed by atoms with Gasteiger partial charge in [-0.05, 0) is 13.0 Å². The first-order chi connectivity index (χ1) is 9.59. The lowest BCUT2D eigenvalue weighted by molar-refractivity contribution is -0.127. The topological polar surface area (TPSA) is 49.4 Å². The minimum atomic E-state index is -0.461. The highest BCUT2D eigenvalue weighted by molar-refractivity contribution is 7.21. The van der Waals surface area contributed by atoms with Crippen molar-refractivity contribution in [1.82, 2.24) is 10.2 Å². The molecule has 1 saturated heterocycles. The van der Waals surface area contributed by atoms with Gasteiger partial charge in [0.15, 0.2) is 0 Å². The van der Waals surface area contributed by atoms with Gasteiger partial charge in [-0.15, -0.1) is 11.3 Å². The van der Waals surface area contributed by atoms with Crippen LogP contribution >= 0.6 is 22.9 Å².